The van der Waals surface area contributed by atoms with Gasteiger partial charge in [0.2, 0.25) is 15.9 Å². The number of hydrogen-bond acceptors (Lipinski definition) is 7. The van der Waals surface area contributed by atoms with Crippen LogP contribution >= 0.6 is 11.8 Å². The van der Waals surface area contributed by atoms with E-state index in [-0.39, 0.29) is 16.5 Å². The van der Waals surface area contributed by atoms with Gasteiger partial charge in [-0.25, -0.2) is 12.8 Å². The highest BCUT2D eigenvalue weighted by Crippen LogP contribution is 2.28. The Kier molecular flexibility index (Phi) is 7.08. The topological polar surface area (TPSA) is 120 Å². The molecule has 2 heterocycles. The van der Waals surface area contributed by atoms with Gasteiger partial charge in [-0.05, 0) is 29.8 Å². The summed E-state index contributed by atoms with van der Waals surface area (Å²) in [6.45, 7) is 1.59. The molecule has 1 fully saturated rings. The minimum atomic E-state index is -3.70. The van der Waals surface area contributed by atoms with Gasteiger partial charge in [0.05, 0.1) is 30.4 Å². The summed E-state index contributed by atoms with van der Waals surface area (Å²) in [5, 5.41) is 8.87. The van der Waals surface area contributed by atoms with Gasteiger partial charge in [0, 0.05) is 18.7 Å². The summed E-state index contributed by atoms with van der Waals surface area (Å²) in [6, 6.07) is 12.5. The third kappa shape index (κ3) is 5.41. The SMILES string of the molecule is NC(=O)CSc1nnc(-c2cccc(S(=O)(=O)N3CCOCC3)c2)n1Cc1ccc(F)cc1. The van der Waals surface area contributed by atoms with Crippen molar-refractivity contribution < 1.29 is 22.3 Å². The maximum Gasteiger partial charge on any atom is 0.243 e. The van der Waals surface area contributed by atoms with E-state index in [1.54, 1.807) is 34.9 Å². The van der Waals surface area contributed by atoms with E-state index in [0.717, 1.165) is 17.3 Å². The van der Waals surface area contributed by atoms with Crippen molar-refractivity contribution >= 4 is 27.7 Å². The molecule has 1 aliphatic heterocycles. The highest BCUT2D eigenvalue weighted by atomic mass is 32.2. The van der Waals surface area contributed by atoms with E-state index in [4.69, 9.17) is 10.5 Å². The summed E-state index contributed by atoms with van der Waals surface area (Å²) in [6.07, 6.45) is 0. The minimum absolute atomic E-state index is 0.00695. The van der Waals surface area contributed by atoms with Gasteiger partial charge in [-0.2, -0.15) is 4.31 Å². The molecule has 174 valence electrons. The molecular formula is C21H22FN5O4S2. The van der Waals surface area contributed by atoms with Gasteiger partial charge in [0.1, 0.15) is 5.82 Å². The first kappa shape index (κ1) is 23.4. The lowest BCUT2D eigenvalue weighted by atomic mass is 10.2. The molecule has 3 aromatic rings. The Bertz CT molecular complexity index is 1240. The highest BCUT2D eigenvalue weighted by Gasteiger charge is 2.27. The van der Waals surface area contributed by atoms with Crippen LogP contribution < -0.4 is 5.73 Å². The van der Waals surface area contributed by atoms with E-state index in [1.807, 2.05) is 0 Å². The summed E-state index contributed by atoms with van der Waals surface area (Å²) in [5.41, 5.74) is 6.61. The molecule has 1 aliphatic rings. The van der Waals surface area contributed by atoms with Gasteiger partial charge in [-0.1, -0.05) is 36.0 Å². The van der Waals surface area contributed by atoms with Crippen LogP contribution in [0.2, 0.25) is 0 Å². The lowest BCUT2D eigenvalue weighted by molar-refractivity contribution is -0.115. The summed E-state index contributed by atoms with van der Waals surface area (Å²) < 4.78 is 48.0. The second-order valence-electron chi connectivity index (χ2n) is 7.32. The first-order valence-electron chi connectivity index (χ1n) is 10.1. The van der Waals surface area contributed by atoms with Crippen LogP contribution in [0.1, 0.15) is 5.56 Å². The van der Waals surface area contributed by atoms with Crippen LogP contribution in [0, 0.1) is 5.82 Å². The average molecular weight is 492 g/mol. The molecule has 0 bridgehead atoms. The number of amides is 1. The Labute approximate surface area is 194 Å². The molecule has 9 nitrogen and oxygen atoms in total. The molecule has 0 spiro atoms. The number of benzene rings is 2. The van der Waals surface area contributed by atoms with Gasteiger partial charge in [-0.3, -0.25) is 9.36 Å². The number of carbonyl (C=O) groups is 1. The molecule has 1 saturated heterocycles. The molecule has 0 aliphatic carbocycles. The van der Waals surface area contributed by atoms with Gasteiger partial charge in [-0.15, -0.1) is 10.2 Å². The number of primary amides is 1. The van der Waals surface area contributed by atoms with E-state index in [9.17, 15) is 17.6 Å². The number of ether oxygens (including phenoxy) is 1. The second kappa shape index (κ2) is 10.00. The Hall–Kier alpha value is -2.80. The molecule has 1 amide bonds. The predicted octanol–water partition coefficient (Wildman–Crippen LogP) is 1.73. The average Bonchev–Trinajstić information content (AvgIpc) is 3.22. The van der Waals surface area contributed by atoms with Crippen molar-refractivity contribution in [1.29, 1.82) is 0 Å². The Balaban J connectivity index is 1.71. The molecule has 1 aromatic heterocycles. The van der Waals surface area contributed by atoms with E-state index < -0.39 is 15.9 Å². The third-order valence-corrected chi connectivity index (χ3v) is 7.90. The lowest BCUT2D eigenvalue weighted by Gasteiger charge is -2.26. The summed E-state index contributed by atoms with van der Waals surface area (Å²) in [4.78, 5) is 11.4. The zero-order valence-electron chi connectivity index (χ0n) is 17.6. The van der Waals surface area contributed by atoms with Crippen LogP contribution in [0.3, 0.4) is 0 Å². The van der Waals surface area contributed by atoms with Crippen LogP contribution in [-0.4, -0.2) is 65.5 Å². The molecular weight excluding hydrogens is 469 g/mol. The maximum atomic E-state index is 13.4. The van der Waals surface area contributed by atoms with Gasteiger partial charge >= 0.3 is 0 Å². The van der Waals surface area contributed by atoms with Gasteiger partial charge in [0.15, 0.2) is 11.0 Å². The summed E-state index contributed by atoms with van der Waals surface area (Å²) in [7, 11) is -3.70. The lowest BCUT2D eigenvalue weighted by Crippen LogP contribution is -2.40. The summed E-state index contributed by atoms with van der Waals surface area (Å²) in [5.74, 6) is -0.429. The zero-order valence-corrected chi connectivity index (χ0v) is 19.2. The number of aromatic nitrogens is 3. The van der Waals surface area contributed by atoms with Crippen molar-refractivity contribution in [1.82, 2.24) is 19.1 Å². The second-order valence-corrected chi connectivity index (χ2v) is 10.2. The van der Waals surface area contributed by atoms with Crippen molar-refractivity contribution in [3.63, 3.8) is 0 Å². The number of carbonyl (C=O) groups excluding carboxylic acids is 1. The molecule has 0 saturated carbocycles. The molecule has 12 heteroatoms. The van der Waals surface area contributed by atoms with Crippen molar-refractivity contribution in [2.45, 2.75) is 16.6 Å². The number of sulfonamides is 1. The van der Waals surface area contributed by atoms with Crippen LogP contribution in [0.5, 0.6) is 0 Å². The van der Waals surface area contributed by atoms with Crippen LogP contribution in [-0.2, 0) is 26.1 Å². The molecule has 4 rings (SSSR count). The first-order valence-corrected chi connectivity index (χ1v) is 12.5. The fourth-order valence-corrected chi connectivity index (χ4v) is 5.52. The van der Waals surface area contributed by atoms with E-state index in [0.29, 0.717) is 49.4 Å². The Morgan fingerprint density at radius 1 is 1.12 bits per heavy atom. The predicted molar refractivity (Wildman–Crippen MR) is 120 cm³/mol. The van der Waals surface area contributed by atoms with Crippen molar-refractivity contribution in [3.05, 3.63) is 59.9 Å². The highest BCUT2D eigenvalue weighted by molar-refractivity contribution is 7.99. The molecule has 0 atom stereocenters. The number of nitrogens with two attached hydrogens (primary N) is 1. The number of halogens is 1. The number of hydrogen-bond donors (Lipinski definition) is 1. The van der Waals surface area contributed by atoms with Crippen LogP contribution in [0.25, 0.3) is 11.4 Å². The largest absolute Gasteiger partial charge is 0.379 e. The molecule has 33 heavy (non-hydrogen) atoms. The van der Waals surface area contributed by atoms with E-state index >= 15 is 0 Å². The fourth-order valence-electron chi connectivity index (χ4n) is 3.39. The number of rotatable bonds is 8. The molecule has 0 radical (unpaired) electrons. The van der Waals surface area contributed by atoms with Crippen LogP contribution in [0.15, 0.2) is 58.6 Å². The van der Waals surface area contributed by atoms with E-state index in [1.165, 1.54) is 22.5 Å². The normalized spacial score (nSPS) is 14.9. The van der Waals surface area contributed by atoms with Gasteiger partial charge in [0.25, 0.3) is 0 Å². The maximum absolute atomic E-state index is 13.4. The molecule has 2 N–H and O–H groups in total. The van der Waals surface area contributed by atoms with Crippen molar-refractivity contribution in [2.24, 2.45) is 5.73 Å². The third-order valence-electron chi connectivity index (χ3n) is 5.01. The number of nitrogens with zero attached hydrogens (tertiary/aromatic N) is 4. The Morgan fingerprint density at radius 2 is 1.85 bits per heavy atom. The quantitative estimate of drug-likeness (QED) is 0.477. The monoisotopic (exact) mass is 491 g/mol. The standard InChI is InChI=1S/C21H22FN5O4S2/c22-17-6-4-15(5-7-17)13-27-20(24-25-21(27)32-14-19(23)28)16-2-1-3-18(12-16)33(29,30)26-8-10-31-11-9-26/h1-7,12H,8-11,13-14H2,(H2,23,28). The smallest absolute Gasteiger partial charge is 0.243 e. The zero-order chi connectivity index (χ0) is 23.4. The van der Waals surface area contributed by atoms with Crippen molar-refractivity contribution in [3.8, 4) is 11.4 Å². The fraction of sp³-hybridized carbons (Fsp3) is 0.286. The Morgan fingerprint density at radius 3 is 2.55 bits per heavy atom. The molecule has 0 unspecified atom stereocenters. The minimum Gasteiger partial charge on any atom is -0.379 e. The number of thioether (sulfide) groups is 1. The first-order chi connectivity index (χ1) is 15.8. The molecule has 2 aromatic carbocycles. The number of morpholine rings is 1. The summed E-state index contributed by atoms with van der Waals surface area (Å²) >= 11 is 1.13. The van der Waals surface area contributed by atoms with Gasteiger partial charge < -0.3 is 10.5 Å². The van der Waals surface area contributed by atoms with Crippen molar-refractivity contribution in [2.75, 3.05) is 32.1 Å². The van der Waals surface area contributed by atoms with E-state index in [2.05, 4.69) is 10.2 Å². The van der Waals surface area contributed by atoms with Crippen LogP contribution in [0.4, 0.5) is 4.39 Å².